The van der Waals surface area contributed by atoms with E-state index >= 15 is 0 Å². The summed E-state index contributed by atoms with van der Waals surface area (Å²) in [6.45, 7) is 2.82. The third kappa shape index (κ3) is 8.73. The molecular formula is C26H34O4. The second-order valence-corrected chi connectivity index (χ2v) is 7.46. The van der Waals surface area contributed by atoms with Gasteiger partial charge in [-0.25, -0.2) is 0 Å². The molecule has 4 nitrogen and oxygen atoms in total. The van der Waals surface area contributed by atoms with Crippen LogP contribution >= 0.6 is 0 Å². The van der Waals surface area contributed by atoms with Crippen molar-refractivity contribution in [3.05, 3.63) is 65.2 Å². The Morgan fingerprint density at radius 1 is 1.03 bits per heavy atom. The SMILES string of the molecule is CCCCc1ccc(OCCCCC=Cc2ccc(OC)cc2)c(CCC(=O)O)c1. The number of hydrogen-bond acceptors (Lipinski definition) is 3. The fraction of sp³-hybridized carbons (Fsp3) is 0.423. The summed E-state index contributed by atoms with van der Waals surface area (Å²) in [5.74, 6) is 0.916. The van der Waals surface area contributed by atoms with Gasteiger partial charge in [0.15, 0.2) is 0 Å². The lowest BCUT2D eigenvalue weighted by molar-refractivity contribution is -0.136. The van der Waals surface area contributed by atoms with Crippen LogP contribution in [-0.4, -0.2) is 24.8 Å². The van der Waals surface area contributed by atoms with Crippen LogP contribution in [0.1, 0.15) is 62.1 Å². The number of benzene rings is 2. The van der Waals surface area contributed by atoms with Gasteiger partial charge in [0.2, 0.25) is 0 Å². The third-order valence-electron chi connectivity index (χ3n) is 5.00. The minimum atomic E-state index is -0.774. The van der Waals surface area contributed by atoms with Crippen LogP contribution in [0.4, 0.5) is 0 Å². The van der Waals surface area contributed by atoms with Gasteiger partial charge in [-0.3, -0.25) is 4.79 Å². The maximum Gasteiger partial charge on any atom is 0.303 e. The summed E-state index contributed by atoms with van der Waals surface area (Å²) in [5.41, 5.74) is 3.43. The van der Waals surface area contributed by atoms with Crippen molar-refractivity contribution in [1.82, 2.24) is 0 Å². The van der Waals surface area contributed by atoms with Gasteiger partial charge in [-0.15, -0.1) is 0 Å². The topological polar surface area (TPSA) is 55.8 Å². The van der Waals surface area contributed by atoms with E-state index in [-0.39, 0.29) is 6.42 Å². The van der Waals surface area contributed by atoms with Crippen LogP contribution in [0.15, 0.2) is 48.5 Å². The molecule has 30 heavy (non-hydrogen) atoms. The molecule has 0 aromatic heterocycles. The molecule has 0 atom stereocenters. The average molecular weight is 411 g/mol. The van der Waals surface area contributed by atoms with E-state index in [1.807, 2.05) is 30.3 Å². The highest BCUT2D eigenvalue weighted by Gasteiger charge is 2.08. The summed E-state index contributed by atoms with van der Waals surface area (Å²) in [4.78, 5) is 11.0. The summed E-state index contributed by atoms with van der Waals surface area (Å²) in [6.07, 6.45) is 11.3. The molecule has 1 N–H and O–H groups in total. The molecule has 0 aliphatic heterocycles. The van der Waals surface area contributed by atoms with Crippen molar-refractivity contribution in [3.63, 3.8) is 0 Å². The maximum absolute atomic E-state index is 11.0. The second kappa shape index (κ2) is 13.5. The number of unbranched alkanes of at least 4 members (excludes halogenated alkanes) is 3. The van der Waals surface area contributed by atoms with E-state index < -0.39 is 5.97 Å². The quantitative estimate of drug-likeness (QED) is 0.370. The zero-order valence-electron chi connectivity index (χ0n) is 18.2. The van der Waals surface area contributed by atoms with Gasteiger partial charge in [0.1, 0.15) is 11.5 Å². The summed E-state index contributed by atoms with van der Waals surface area (Å²) in [6, 6.07) is 14.2. The minimum absolute atomic E-state index is 0.129. The Morgan fingerprint density at radius 2 is 1.83 bits per heavy atom. The highest BCUT2D eigenvalue weighted by Crippen LogP contribution is 2.23. The first kappa shape index (κ1) is 23.5. The number of allylic oxidation sites excluding steroid dienone is 1. The first-order chi connectivity index (χ1) is 14.6. The van der Waals surface area contributed by atoms with E-state index in [9.17, 15) is 4.79 Å². The van der Waals surface area contributed by atoms with Gasteiger partial charge in [-0.05, 0) is 73.4 Å². The number of carboxylic acid groups (broad SMARTS) is 1. The van der Waals surface area contributed by atoms with Gasteiger partial charge < -0.3 is 14.6 Å². The molecule has 0 aliphatic rings. The fourth-order valence-electron chi connectivity index (χ4n) is 3.23. The third-order valence-corrected chi connectivity index (χ3v) is 5.00. The molecule has 0 bridgehead atoms. The number of hydrogen-bond donors (Lipinski definition) is 1. The Kier molecular flexibility index (Phi) is 10.6. The average Bonchev–Trinajstić information content (AvgIpc) is 2.76. The van der Waals surface area contributed by atoms with E-state index in [1.165, 1.54) is 11.1 Å². The van der Waals surface area contributed by atoms with E-state index in [4.69, 9.17) is 14.6 Å². The summed E-state index contributed by atoms with van der Waals surface area (Å²) in [5, 5.41) is 9.03. The van der Waals surface area contributed by atoms with Crippen molar-refractivity contribution >= 4 is 12.0 Å². The Balaban J connectivity index is 1.77. The Morgan fingerprint density at radius 3 is 2.53 bits per heavy atom. The fourth-order valence-corrected chi connectivity index (χ4v) is 3.23. The summed E-state index contributed by atoms with van der Waals surface area (Å²) >= 11 is 0. The van der Waals surface area contributed by atoms with Gasteiger partial charge in [-0.2, -0.15) is 0 Å². The van der Waals surface area contributed by atoms with Crippen molar-refractivity contribution < 1.29 is 19.4 Å². The van der Waals surface area contributed by atoms with Crippen molar-refractivity contribution in [2.45, 2.75) is 58.3 Å². The van der Waals surface area contributed by atoms with Crippen LogP contribution in [0.25, 0.3) is 6.08 Å². The van der Waals surface area contributed by atoms with E-state index in [1.54, 1.807) is 7.11 Å². The van der Waals surface area contributed by atoms with E-state index in [0.717, 1.165) is 55.6 Å². The van der Waals surface area contributed by atoms with Crippen LogP contribution in [0.5, 0.6) is 11.5 Å². The summed E-state index contributed by atoms with van der Waals surface area (Å²) in [7, 11) is 1.67. The number of methoxy groups -OCH3 is 1. The molecule has 162 valence electrons. The lowest BCUT2D eigenvalue weighted by Gasteiger charge is -2.13. The highest BCUT2D eigenvalue weighted by molar-refractivity contribution is 5.67. The van der Waals surface area contributed by atoms with E-state index in [0.29, 0.717) is 13.0 Å². The molecule has 4 heteroatoms. The second-order valence-electron chi connectivity index (χ2n) is 7.46. The normalized spacial score (nSPS) is 11.0. The van der Waals surface area contributed by atoms with Crippen molar-refractivity contribution in [2.75, 3.05) is 13.7 Å². The van der Waals surface area contributed by atoms with Crippen LogP contribution < -0.4 is 9.47 Å². The molecule has 0 aliphatic carbocycles. The van der Waals surface area contributed by atoms with Crippen LogP contribution in [-0.2, 0) is 17.6 Å². The molecule has 0 saturated heterocycles. The van der Waals surface area contributed by atoms with Gasteiger partial charge in [0.05, 0.1) is 13.7 Å². The number of carboxylic acids is 1. The number of aliphatic carboxylic acids is 1. The largest absolute Gasteiger partial charge is 0.497 e. The van der Waals surface area contributed by atoms with Gasteiger partial charge in [0.25, 0.3) is 0 Å². The minimum Gasteiger partial charge on any atom is -0.497 e. The van der Waals surface area contributed by atoms with Crippen LogP contribution in [0.2, 0.25) is 0 Å². The zero-order valence-corrected chi connectivity index (χ0v) is 18.2. The Hall–Kier alpha value is -2.75. The summed E-state index contributed by atoms with van der Waals surface area (Å²) < 4.78 is 11.2. The van der Waals surface area contributed by atoms with Crippen molar-refractivity contribution in [1.29, 1.82) is 0 Å². The molecule has 2 aromatic carbocycles. The molecule has 2 rings (SSSR count). The molecule has 0 saturated carbocycles. The van der Waals surface area contributed by atoms with Crippen LogP contribution in [0, 0.1) is 0 Å². The van der Waals surface area contributed by atoms with Crippen molar-refractivity contribution in [2.24, 2.45) is 0 Å². The predicted molar refractivity (Wildman–Crippen MR) is 122 cm³/mol. The number of ether oxygens (including phenoxy) is 2. The first-order valence-corrected chi connectivity index (χ1v) is 10.9. The first-order valence-electron chi connectivity index (χ1n) is 10.9. The maximum atomic E-state index is 11.0. The number of rotatable bonds is 14. The molecule has 0 amide bonds. The zero-order chi connectivity index (χ0) is 21.6. The number of carbonyl (C=O) groups is 1. The Labute approximate surface area is 180 Å². The van der Waals surface area contributed by atoms with Gasteiger partial charge in [-0.1, -0.05) is 49.8 Å². The van der Waals surface area contributed by atoms with E-state index in [2.05, 4.69) is 31.2 Å². The lowest BCUT2D eigenvalue weighted by Crippen LogP contribution is -2.04. The van der Waals surface area contributed by atoms with Crippen LogP contribution in [0.3, 0.4) is 0 Å². The lowest BCUT2D eigenvalue weighted by atomic mass is 10.0. The highest BCUT2D eigenvalue weighted by atomic mass is 16.5. The molecule has 0 radical (unpaired) electrons. The predicted octanol–water partition coefficient (Wildman–Crippen LogP) is 6.32. The monoisotopic (exact) mass is 410 g/mol. The molecule has 0 fully saturated rings. The Bertz CT molecular complexity index is 793. The molecular weight excluding hydrogens is 376 g/mol. The molecule has 0 unspecified atom stereocenters. The molecule has 2 aromatic rings. The number of aryl methyl sites for hydroxylation is 2. The smallest absolute Gasteiger partial charge is 0.303 e. The molecule has 0 heterocycles. The van der Waals surface area contributed by atoms with Crippen molar-refractivity contribution in [3.8, 4) is 11.5 Å². The standard InChI is InChI=1S/C26H34O4/c1-3-4-9-22-13-17-25(23(20-22)14-18-26(27)28)30-19-8-6-5-7-10-21-11-15-24(29-2)16-12-21/h7,10-13,15-17,20H,3-6,8-9,14,18-19H2,1-2H3,(H,27,28). The van der Waals surface area contributed by atoms with Gasteiger partial charge >= 0.3 is 5.97 Å². The van der Waals surface area contributed by atoms with Gasteiger partial charge in [0, 0.05) is 6.42 Å². The molecule has 0 spiro atoms.